The zero-order valence-corrected chi connectivity index (χ0v) is 52.9. The molecule has 7 heteroatoms. The van der Waals surface area contributed by atoms with Gasteiger partial charge in [-0.3, -0.25) is 0 Å². The Morgan fingerprint density at radius 3 is 0.600 bits per heavy atom. The summed E-state index contributed by atoms with van der Waals surface area (Å²) in [4.78, 5) is 20.0. The highest BCUT2D eigenvalue weighted by Gasteiger charge is 2.18. The predicted octanol–water partition coefficient (Wildman–Crippen LogP) is 27.0. The Balaban J connectivity index is 0.901. The summed E-state index contributed by atoms with van der Waals surface area (Å²) in [5.41, 5.74) is 0. The SMILES string of the molecule is CCCCCCCCCCC(CCCCCCCC)Cc1ccc(-c2ccc(-c3ccc(-c4ccc(-c5ccc(-c6ccc(-c7ccc(CC(CCCCCCCC)CCCCCCCCCC)s7)s6)s5)s4)s3)s2)s1. The molecule has 2 unspecified atom stereocenters. The van der Waals surface area contributed by atoms with Gasteiger partial charge < -0.3 is 0 Å². The van der Waals surface area contributed by atoms with Crippen LogP contribution < -0.4 is 0 Å². The Bertz CT molecular complexity index is 2350. The first kappa shape index (κ1) is 60.5. The van der Waals surface area contributed by atoms with Crippen molar-refractivity contribution in [2.75, 3.05) is 0 Å². The highest BCUT2D eigenvalue weighted by molar-refractivity contribution is 7.31. The molecule has 410 valence electrons. The lowest BCUT2D eigenvalue weighted by Crippen LogP contribution is -2.04. The fourth-order valence-corrected chi connectivity index (χ4v) is 18.9. The van der Waals surface area contributed by atoms with Gasteiger partial charge in [-0.15, -0.1) is 79.4 Å². The Morgan fingerprint density at radius 2 is 0.387 bits per heavy atom. The molecular formula is C68H96S7. The Kier molecular flexibility index (Phi) is 28.7. The quantitative estimate of drug-likeness (QED) is 0.0335. The molecule has 7 aromatic heterocycles. The van der Waals surface area contributed by atoms with E-state index < -0.39 is 0 Å². The van der Waals surface area contributed by atoms with E-state index in [0.717, 1.165) is 11.8 Å². The van der Waals surface area contributed by atoms with Crippen LogP contribution in [0.3, 0.4) is 0 Å². The van der Waals surface area contributed by atoms with Gasteiger partial charge in [0.05, 0.1) is 0 Å². The largest absolute Gasteiger partial charge is 0.139 e. The standard InChI is InChI=1S/C68H96S7/c1-5-9-13-17-21-23-27-31-35-53(33-29-25-19-15-11-7-3)51-55-37-39-57(69-55)59-41-43-61(71-59)63-45-47-65(73-63)67-49-50-68(75-67)66-48-46-64(74-66)62-44-42-60(72-62)58-40-38-56(70-58)52-54(34-30-26-20-16-12-8-4)36-32-28-24-22-18-14-10-6-2/h37-50,53-54H,5-36,51-52H2,1-4H3. The monoisotopic (exact) mass is 1140 g/mol. The Labute approximate surface area is 486 Å². The van der Waals surface area contributed by atoms with Crippen LogP contribution in [-0.4, -0.2) is 0 Å². The minimum Gasteiger partial charge on any atom is -0.139 e. The maximum atomic E-state index is 2.46. The van der Waals surface area contributed by atoms with Crippen LogP contribution in [0.2, 0.25) is 0 Å². The summed E-state index contributed by atoms with van der Waals surface area (Å²) in [6.45, 7) is 9.29. The molecule has 0 spiro atoms. The molecule has 7 rings (SSSR count). The fraction of sp³-hybridized carbons (Fsp3) is 0.588. The van der Waals surface area contributed by atoms with E-state index in [1.165, 1.54) is 277 Å². The van der Waals surface area contributed by atoms with Crippen LogP contribution in [0.5, 0.6) is 0 Å². The molecule has 2 atom stereocenters. The van der Waals surface area contributed by atoms with Gasteiger partial charge in [-0.05, 0) is 110 Å². The van der Waals surface area contributed by atoms with Crippen molar-refractivity contribution < 1.29 is 0 Å². The van der Waals surface area contributed by atoms with Gasteiger partial charge in [0.2, 0.25) is 0 Å². The minimum absolute atomic E-state index is 0.836. The first-order valence-electron chi connectivity index (χ1n) is 30.7. The normalized spacial score (nSPS) is 12.6. The molecule has 0 aromatic carbocycles. The van der Waals surface area contributed by atoms with Crippen LogP contribution in [0.15, 0.2) is 84.9 Å². The van der Waals surface area contributed by atoms with Crippen molar-refractivity contribution in [1.29, 1.82) is 0 Å². The molecule has 0 N–H and O–H groups in total. The number of unbranched alkanes of at least 4 members (excludes halogenated alkanes) is 24. The summed E-state index contributed by atoms with van der Waals surface area (Å²) in [6, 6.07) is 33.3. The van der Waals surface area contributed by atoms with E-state index in [9.17, 15) is 0 Å². The predicted molar refractivity (Wildman–Crippen MR) is 349 cm³/mol. The highest BCUT2D eigenvalue weighted by Crippen LogP contribution is 2.47. The molecule has 0 bridgehead atoms. The van der Waals surface area contributed by atoms with Gasteiger partial charge in [0, 0.05) is 68.3 Å². The van der Waals surface area contributed by atoms with Crippen molar-refractivity contribution in [1.82, 2.24) is 0 Å². The molecule has 0 nitrogen and oxygen atoms in total. The third-order valence-corrected chi connectivity index (χ3v) is 24.5. The minimum atomic E-state index is 0.836. The second kappa shape index (κ2) is 35.5. The van der Waals surface area contributed by atoms with Gasteiger partial charge in [-0.2, -0.15) is 0 Å². The van der Waals surface area contributed by atoms with Crippen molar-refractivity contribution in [3.8, 4) is 58.5 Å². The van der Waals surface area contributed by atoms with Crippen LogP contribution >= 0.6 is 79.4 Å². The van der Waals surface area contributed by atoms with E-state index >= 15 is 0 Å². The lowest BCUT2D eigenvalue weighted by atomic mass is 9.91. The summed E-state index contributed by atoms with van der Waals surface area (Å²) in [5.74, 6) is 1.67. The van der Waals surface area contributed by atoms with Crippen LogP contribution in [0, 0.1) is 11.8 Å². The maximum Gasteiger partial charge on any atom is 0.0449 e. The number of thiophene rings is 7. The molecule has 7 aromatic rings. The molecule has 0 saturated carbocycles. The van der Waals surface area contributed by atoms with E-state index in [1.807, 2.05) is 56.7 Å². The Morgan fingerprint density at radius 1 is 0.213 bits per heavy atom. The Hall–Kier alpha value is -2.10. The topological polar surface area (TPSA) is 0 Å². The van der Waals surface area contributed by atoms with Crippen LogP contribution in [0.1, 0.15) is 243 Å². The summed E-state index contributed by atoms with van der Waals surface area (Å²) < 4.78 is 0. The van der Waals surface area contributed by atoms with Crippen molar-refractivity contribution in [3.63, 3.8) is 0 Å². The van der Waals surface area contributed by atoms with E-state index in [-0.39, 0.29) is 0 Å². The molecule has 7 heterocycles. The van der Waals surface area contributed by atoms with Crippen molar-refractivity contribution in [2.24, 2.45) is 11.8 Å². The average molecular weight is 1140 g/mol. The number of hydrogen-bond donors (Lipinski definition) is 0. The zero-order chi connectivity index (χ0) is 52.1. The van der Waals surface area contributed by atoms with E-state index in [4.69, 9.17) is 0 Å². The fourth-order valence-electron chi connectivity index (χ4n) is 11.1. The van der Waals surface area contributed by atoms with Gasteiger partial charge in [-0.1, -0.05) is 233 Å². The highest BCUT2D eigenvalue weighted by atomic mass is 32.1. The van der Waals surface area contributed by atoms with Gasteiger partial charge >= 0.3 is 0 Å². The summed E-state index contributed by atoms with van der Waals surface area (Å²) >= 11 is 13.9. The van der Waals surface area contributed by atoms with Gasteiger partial charge in [0.1, 0.15) is 0 Å². The van der Waals surface area contributed by atoms with Gasteiger partial charge in [0.15, 0.2) is 0 Å². The molecule has 0 radical (unpaired) electrons. The second-order valence-electron chi connectivity index (χ2n) is 22.1. The number of hydrogen-bond acceptors (Lipinski definition) is 7. The van der Waals surface area contributed by atoms with Crippen LogP contribution in [0.4, 0.5) is 0 Å². The molecule has 0 amide bonds. The molecule has 0 aliphatic heterocycles. The summed E-state index contributed by atoms with van der Waals surface area (Å²) in [7, 11) is 0. The summed E-state index contributed by atoms with van der Waals surface area (Å²) in [5, 5.41) is 0. The lowest BCUT2D eigenvalue weighted by molar-refractivity contribution is 0.402. The smallest absolute Gasteiger partial charge is 0.0449 e. The molecule has 0 saturated heterocycles. The second-order valence-corrected chi connectivity index (χ2v) is 29.9. The van der Waals surface area contributed by atoms with Crippen LogP contribution in [0.25, 0.3) is 58.5 Å². The molecule has 0 aliphatic carbocycles. The summed E-state index contributed by atoms with van der Waals surface area (Å²) in [6.07, 6.45) is 47.7. The molecule has 75 heavy (non-hydrogen) atoms. The van der Waals surface area contributed by atoms with E-state index in [2.05, 4.69) is 135 Å². The molecular weight excluding hydrogens is 1040 g/mol. The van der Waals surface area contributed by atoms with Crippen molar-refractivity contribution in [2.45, 2.75) is 246 Å². The van der Waals surface area contributed by atoms with Crippen LogP contribution in [-0.2, 0) is 12.8 Å². The van der Waals surface area contributed by atoms with Crippen molar-refractivity contribution >= 4 is 79.4 Å². The van der Waals surface area contributed by atoms with E-state index in [1.54, 1.807) is 9.75 Å². The first-order chi connectivity index (χ1) is 37.0. The first-order valence-corrected chi connectivity index (χ1v) is 36.4. The van der Waals surface area contributed by atoms with Crippen molar-refractivity contribution in [3.05, 3.63) is 94.7 Å². The molecule has 0 aliphatic rings. The third-order valence-electron chi connectivity index (χ3n) is 15.7. The third kappa shape index (κ3) is 21.1. The van der Waals surface area contributed by atoms with E-state index in [0.29, 0.717) is 0 Å². The maximum absolute atomic E-state index is 2.46. The zero-order valence-electron chi connectivity index (χ0n) is 47.1. The van der Waals surface area contributed by atoms with Gasteiger partial charge in [0.25, 0.3) is 0 Å². The average Bonchev–Trinajstić information content (AvgIpc) is 4.27. The number of rotatable bonds is 42. The lowest BCUT2D eigenvalue weighted by Gasteiger charge is -2.16. The van der Waals surface area contributed by atoms with Gasteiger partial charge in [-0.25, -0.2) is 0 Å². The molecule has 0 fully saturated rings.